The van der Waals surface area contributed by atoms with Gasteiger partial charge in [0.1, 0.15) is 5.82 Å². The first-order chi connectivity index (χ1) is 8.95. The van der Waals surface area contributed by atoms with Gasteiger partial charge in [0.25, 0.3) is 5.91 Å². The van der Waals surface area contributed by atoms with Crippen molar-refractivity contribution in [1.82, 2.24) is 0 Å². The van der Waals surface area contributed by atoms with Crippen LogP contribution in [0.5, 0.6) is 0 Å². The molecule has 0 spiro atoms. The summed E-state index contributed by atoms with van der Waals surface area (Å²) < 4.78 is 13.9. The number of carbonyl (C=O) groups excluding carboxylic acids is 1. The van der Waals surface area contributed by atoms with Crippen LogP contribution in [-0.2, 0) is 0 Å². The highest BCUT2D eigenvalue weighted by Crippen LogP contribution is 2.23. The lowest BCUT2D eigenvalue weighted by Gasteiger charge is -2.08. The molecule has 2 aromatic carbocycles. The predicted octanol–water partition coefficient (Wildman–Crippen LogP) is 4.80. The van der Waals surface area contributed by atoms with Crippen molar-refractivity contribution in [3.05, 3.63) is 62.8 Å². The van der Waals surface area contributed by atoms with E-state index >= 15 is 0 Å². The van der Waals surface area contributed by atoms with Gasteiger partial charge >= 0.3 is 0 Å². The molecule has 2 rings (SSSR count). The lowest BCUT2D eigenvalue weighted by Crippen LogP contribution is -2.12. The predicted molar refractivity (Wildman–Crippen MR) is 78.2 cm³/mol. The van der Waals surface area contributed by atoms with Crippen molar-refractivity contribution in [2.24, 2.45) is 0 Å². The number of aryl methyl sites for hydroxylation is 1. The molecule has 0 atom stereocenters. The maximum atomic E-state index is 13.1. The summed E-state index contributed by atoms with van der Waals surface area (Å²) in [5.41, 5.74) is 1.68. The normalized spacial score (nSPS) is 10.3. The Balaban J connectivity index is 2.28. The summed E-state index contributed by atoms with van der Waals surface area (Å²) in [4.78, 5) is 12.1. The molecule has 0 aliphatic carbocycles. The average molecular weight is 343 g/mol. The van der Waals surface area contributed by atoms with Crippen molar-refractivity contribution >= 4 is 39.1 Å². The van der Waals surface area contributed by atoms with Crippen molar-refractivity contribution in [3.63, 3.8) is 0 Å². The number of benzene rings is 2. The topological polar surface area (TPSA) is 29.1 Å². The van der Waals surface area contributed by atoms with E-state index in [0.717, 1.165) is 10.0 Å². The summed E-state index contributed by atoms with van der Waals surface area (Å²) in [7, 11) is 0. The van der Waals surface area contributed by atoms with E-state index in [1.54, 1.807) is 12.1 Å². The SMILES string of the molecule is Cc1cc(Br)cc(C(=O)Nc2cc(F)ccc2Cl)c1. The van der Waals surface area contributed by atoms with E-state index in [-0.39, 0.29) is 11.6 Å². The number of anilines is 1. The van der Waals surface area contributed by atoms with Crippen LogP contribution in [0.3, 0.4) is 0 Å². The third kappa shape index (κ3) is 3.55. The highest BCUT2D eigenvalue weighted by atomic mass is 79.9. The van der Waals surface area contributed by atoms with Gasteiger partial charge in [0, 0.05) is 10.0 Å². The maximum absolute atomic E-state index is 13.1. The number of hydrogen-bond donors (Lipinski definition) is 1. The Morgan fingerprint density at radius 3 is 2.68 bits per heavy atom. The lowest BCUT2D eigenvalue weighted by molar-refractivity contribution is 0.102. The number of halogens is 3. The van der Waals surface area contributed by atoms with Crippen LogP contribution < -0.4 is 5.32 Å². The highest BCUT2D eigenvalue weighted by molar-refractivity contribution is 9.10. The summed E-state index contributed by atoms with van der Waals surface area (Å²) >= 11 is 9.23. The molecule has 0 aliphatic rings. The number of nitrogens with one attached hydrogen (secondary N) is 1. The molecular formula is C14H10BrClFNO. The van der Waals surface area contributed by atoms with Gasteiger partial charge in [-0.05, 0) is 48.9 Å². The van der Waals surface area contributed by atoms with Gasteiger partial charge in [0.2, 0.25) is 0 Å². The maximum Gasteiger partial charge on any atom is 0.255 e. The minimum Gasteiger partial charge on any atom is -0.321 e. The lowest BCUT2D eigenvalue weighted by atomic mass is 10.1. The third-order valence-electron chi connectivity index (χ3n) is 2.48. The zero-order chi connectivity index (χ0) is 14.0. The minimum absolute atomic E-state index is 0.254. The van der Waals surface area contributed by atoms with E-state index in [4.69, 9.17) is 11.6 Å². The average Bonchev–Trinajstić information content (AvgIpc) is 2.32. The fraction of sp³-hybridized carbons (Fsp3) is 0.0714. The van der Waals surface area contributed by atoms with Gasteiger partial charge in [0.15, 0.2) is 0 Å². The quantitative estimate of drug-likeness (QED) is 0.834. The fourth-order valence-corrected chi connectivity index (χ4v) is 2.43. The van der Waals surface area contributed by atoms with Crippen molar-refractivity contribution < 1.29 is 9.18 Å². The smallest absolute Gasteiger partial charge is 0.255 e. The standard InChI is InChI=1S/C14H10BrClFNO/c1-8-4-9(6-10(15)5-8)14(19)18-13-7-11(17)2-3-12(13)16/h2-7H,1H3,(H,18,19). The molecule has 0 radical (unpaired) electrons. The second kappa shape index (κ2) is 5.72. The monoisotopic (exact) mass is 341 g/mol. The van der Waals surface area contributed by atoms with E-state index in [9.17, 15) is 9.18 Å². The number of amides is 1. The Morgan fingerprint density at radius 2 is 2.00 bits per heavy atom. The van der Waals surface area contributed by atoms with E-state index in [2.05, 4.69) is 21.2 Å². The van der Waals surface area contributed by atoms with Gasteiger partial charge in [-0.25, -0.2) is 4.39 Å². The molecule has 19 heavy (non-hydrogen) atoms. The summed E-state index contributed by atoms with van der Waals surface area (Å²) in [5.74, 6) is -0.790. The Kier molecular flexibility index (Phi) is 4.22. The van der Waals surface area contributed by atoms with Gasteiger partial charge < -0.3 is 5.32 Å². The largest absolute Gasteiger partial charge is 0.321 e. The van der Waals surface area contributed by atoms with Crippen molar-refractivity contribution in [3.8, 4) is 0 Å². The van der Waals surface area contributed by atoms with Crippen molar-refractivity contribution in [2.75, 3.05) is 5.32 Å². The first-order valence-corrected chi connectivity index (χ1v) is 6.66. The van der Waals surface area contributed by atoms with Crippen molar-refractivity contribution in [1.29, 1.82) is 0 Å². The second-order valence-corrected chi connectivity index (χ2v) is 5.42. The first-order valence-electron chi connectivity index (χ1n) is 5.49. The number of rotatable bonds is 2. The fourth-order valence-electron chi connectivity index (χ4n) is 1.66. The number of hydrogen-bond acceptors (Lipinski definition) is 1. The molecule has 0 saturated carbocycles. The Labute approximate surface area is 123 Å². The second-order valence-electron chi connectivity index (χ2n) is 4.10. The van der Waals surface area contributed by atoms with E-state index < -0.39 is 5.82 Å². The van der Waals surface area contributed by atoms with Crippen LogP contribution in [0.15, 0.2) is 40.9 Å². The third-order valence-corrected chi connectivity index (χ3v) is 3.27. The molecule has 98 valence electrons. The zero-order valence-electron chi connectivity index (χ0n) is 10.0. The van der Waals surface area contributed by atoms with E-state index in [1.165, 1.54) is 18.2 Å². The molecule has 0 aromatic heterocycles. The zero-order valence-corrected chi connectivity index (χ0v) is 12.3. The summed E-state index contributed by atoms with van der Waals surface area (Å²) in [6, 6.07) is 9.15. The van der Waals surface area contributed by atoms with E-state index in [1.807, 2.05) is 13.0 Å². The summed E-state index contributed by atoms with van der Waals surface area (Å²) in [6.07, 6.45) is 0. The molecule has 0 fully saturated rings. The van der Waals surface area contributed by atoms with Crippen LogP contribution in [0, 0.1) is 12.7 Å². The van der Waals surface area contributed by atoms with Crippen LogP contribution in [0.25, 0.3) is 0 Å². The van der Waals surface area contributed by atoms with Gasteiger partial charge in [-0.15, -0.1) is 0 Å². The molecule has 2 aromatic rings. The molecule has 0 unspecified atom stereocenters. The van der Waals surface area contributed by atoms with E-state index in [0.29, 0.717) is 10.6 Å². The van der Waals surface area contributed by atoms with Crippen molar-refractivity contribution in [2.45, 2.75) is 6.92 Å². The summed E-state index contributed by atoms with van der Waals surface area (Å²) in [5, 5.41) is 2.88. The Bertz CT molecular complexity index is 625. The minimum atomic E-state index is -0.454. The molecule has 2 nitrogen and oxygen atoms in total. The van der Waals surface area contributed by atoms with Crippen LogP contribution in [0.1, 0.15) is 15.9 Å². The molecular weight excluding hydrogens is 333 g/mol. The first kappa shape index (κ1) is 14.0. The Morgan fingerprint density at radius 1 is 1.26 bits per heavy atom. The highest BCUT2D eigenvalue weighted by Gasteiger charge is 2.10. The molecule has 0 bridgehead atoms. The van der Waals surface area contributed by atoms with Gasteiger partial charge in [-0.2, -0.15) is 0 Å². The molecule has 1 amide bonds. The molecule has 0 heterocycles. The molecule has 0 aliphatic heterocycles. The van der Waals surface area contributed by atoms with Gasteiger partial charge in [-0.3, -0.25) is 4.79 Å². The van der Waals surface area contributed by atoms with Crippen LogP contribution in [0.4, 0.5) is 10.1 Å². The van der Waals surface area contributed by atoms with Crippen LogP contribution >= 0.6 is 27.5 Å². The van der Waals surface area contributed by atoms with Gasteiger partial charge in [-0.1, -0.05) is 27.5 Å². The molecule has 0 saturated heterocycles. The van der Waals surface area contributed by atoms with Gasteiger partial charge in [0.05, 0.1) is 10.7 Å². The number of carbonyl (C=O) groups is 1. The Hall–Kier alpha value is -1.39. The summed E-state index contributed by atoms with van der Waals surface area (Å²) in [6.45, 7) is 1.89. The van der Waals surface area contributed by atoms with Crippen LogP contribution in [-0.4, -0.2) is 5.91 Å². The molecule has 1 N–H and O–H groups in total. The molecule has 5 heteroatoms. The van der Waals surface area contributed by atoms with Crippen LogP contribution in [0.2, 0.25) is 5.02 Å².